The number of carbonyl (C=O) groups is 2. The van der Waals surface area contributed by atoms with Crippen LogP contribution < -0.4 is 14.8 Å². The highest BCUT2D eigenvalue weighted by Gasteiger charge is 2.48. The number of fused-ring (bicyclic) bond motifs is 2. The second kappa shape index (κ2) is 8.47. The molecule has 10 nitrogen and oxygen atoms in total. The van der Waals surface area contributed by atoms with Gasteiger partial charge in [0.1, 0.15) is 12.1 Å². The molecule has 0 bridgehead atoms. The van der Waals surface area contributed by atoms with Crippen LogP contribution in [0.2, 0.25) is 0 Å². The van der Waals surface area contributed by atoms with Gasteiger partial charge < -0.3 is 24.4 Å². The van der Waals surface area contributed by atoms with Crippen LogP contribution in [0.5, 0.6) is 11.5 Å². The van der Waals surface area contributed by atoms with Crippen LogP contribution in [0.25, 0.3) is 0 Å². The summed E-state index contributed by atoms with van der Waals surface area (Å²) in [6, 6.07) is 5.24. The molecule has 0 aromatic heterocycles. The molecule has 0 aliphatic carbocycles. The van der Waals surface area contributed by atoms with Crippen molar-refractivity contribution in [3.63, 3.8) is 0 Å². The molecule has 0 radical (unpaired) electrons. The highest BCUT2D eigenvalue weighted by molar-refractivity contribution is 8.15. The number of aliphatic imine (C=N–C) groups is 1. The predicted molar refractivity (Wildman–Crippen MR) is 119 cm³/mol. The van der Waals surface area contributed by atoms with Crippen molar-refractivity contribution in [3.05, 3.63) is 23.8 Å². The number of sulfone groups is 1. The number of carbonyl (C=O) groups excluding carboxylic acids is 2. The molecule has 0 unspecified atom stereocenters. The number of hydrogen-bond donors (Lipinski definition) is 1. The van der Waals surface area contributed by atoms with Gasteiger partial charge in [0.2, 0.25) is 6.79 Å². The Morgan fingerprint density at radius 3 is 2.75 bits per heavy atom. The molecule has 1 N–H and O–H groups in total. The van der Waals surface area contributed by atoms with Crippen molar-refractivity contribution in [2.75, 3.05) is 24.8 Å². The van der Waals surface area contributed by atoms with Crippen LogP contribution in [0.3, 0.4) is 0 Å². The highest BCUT2D eigenvalue weighted by atomic mass is 32.2. The third-order valence-corrected chi connectivity index (χ3v) is 8.22. The average Bonchev–Trinajstić information content (AvgIpc) is 3.32. The van der Waals surface area contributed by atoms with E-state index in [1.807, 2.05) is 17.0 Å². The number of benzene rings is 1. The third kappa shape index (κ3) is 5.29. The maximum Gasteiger partial charge on any atom is 0.408 e. The number of alkyl carbamates (subject to hydrolysis) is 1. The summed E-state index contributed by atoms with van der Waals surface area (Å²) in [5, 5.41) is 2.65. The van der Waals surface area contributed by atoms with Gasteiger partial charge in [-0.15, -0.1) is 0 Å². The van der Waals surface area contributed by atoms with E-state index in [1.54, 1.807) is 26.8 Å². The van der Waals surface area contributed by atoms with Crippen molar-refractivity contribution in [1.82, 2.24) is 10.2 Å². The molecule has 2 saturated heterocycles. The van der Waals surface area contributed by atoms with Crippen molar-refractivity contribution < 1.29 is 32.2 Å². The van der Waals surface area contributed by atoms with Gasteiger partial charge >= 0.3 is 6.09 Å². The Labute approximate surface area is 190 Å². The van der Waals surface area contributed by atoms with Crippen LogP contribution in [-0.2, 0) is 25.9 Å². The average molecular weight is 484 g/mol. The molecular formula is C20H25N3O7S2. The molecule has 2 fully saturated rings. The first-order valence-corrected chi connectivity index (χ1v) is 12.8. The minimum atomic E-state index is -3.15. The molecule has 12 heteroatoms. The number of amidine groups is 1. The molecule has 0 spiro atoms. The molecule has 32 heavy (non-hydrogen) atoms. The van der Waals surface area contributed by atoms with Gasteiger partial charge in [-0.1, -0.05) is 17.8 Å². The molecule has 0 saturated carbocycles. The van der Waals surface area contributed by atoms with Gasteiger partial charge in [0.05, 0.1) is 17.5 Å². The lowest BCUT2D eigenvalue weighted by molar-refractivity contribution is -0.117. The second-order valence-corrected chi connectivity index (χ2v) is 12.1. The fourth-order valence-electron chi connectivity index (χ4n) is 3.66. The smallest absolute Gasteiger partial charge is 0.408 e. The van der Waals surface area contributed by atoms with E-state index in [1.165, 1.54) is 11.8 Å². The number of amides is 2. The summed E-state index contributed by atoms with van der Waals surface area (Å²) in [6.07, 6.45) is -0.703. The first-order chi connectivity index (χ1) is 15.0. The Hall–Kier alpha value is -2.47. The molecular weight excluding hydrogens is 458 g/mol. The summed E-state index contributed by atoms with van der Waals surface area (Å²) in [4.78, 5) is 30.2. The van der Waals surface area contributed by atoms with Gasteiger partial charge in [-0.05, 0) is 38.5 Å². The quantitative estimate of drug-likeness (QED) is 0.679. The van der Waals surface area contributed by atoms with Crippen LogP contribution >= 0.6 is 11.8 Å². The summed E-state index contributed by atoms with van der Waals surface area (Å²) in [6.45, 7) is 5.39. The standard InChI is InChI=1S/C20H25N3O7S2/c1-20(2,3)30-19(25)21-7-17(24)22-18-23(13-9-32(26,27)10-16(13)31-18)8-12-4-5-14-15(6-12)29-11-28-14/h4-6,13,16H,7-11H2,1-3H3,(H,21,25)/t13-,16+/m1/s1. The van der Waals surface area contributed by atoms with Gasteiger partial charge in [-0.25, -0.2) is 13.2 Å². The lowest BCUT2D eigenvalue weighted by Crippen LogP contribution is -2.38. The lowest BCUT2D eigenvalue weighted by Gasteiger charge is -2.24. The zero-order valence-electron chi connectivity index (χ0n) is 18.0. The molecule has 4 rings (SSSR count). The van der Waals surface area contributed by atoms with Crippen LogP contribution in [0.1, 0.15) is 26.3 Å². The summed E-state index contributed by atoms with van der Waals surface area (Å²) in [7, 11) is -3.15. The Balaban J connectivity index is 1.48. The van der Waals surface area contributed by atoms with Gasteiger partial charge in [0.15, 0.2) is 26.5 Å². The third-order valence-electron chi connectivity index (χ3n) is 4.97. The number of thioether (sulfide) groups is 1. The van der Waals surface area contributed by atoms with Crippen LogP contribution in [-0.4, -0.2) is 72.2 Å². The van der Waals surface area contributed by atoms with E-state index in [2.05, 4.69) is 10.3 Å². The second-order valence-electron chi connectivity index (χ2n) is 8.76. The van der Waals surface area contributed by atoms with E-state index >= 15 is 0 Å². The van der Waals surface area contributed by atoms with Gasteiger partial charge in [-0.3, -0.25) is 4.79 Å². The fraction of sp³-hybridized carbons (Fsp3) is 0.550. The minimum absolute atomic E-state index is 0.0125. The number of nitrogens with zero attached hydrogens (tertiary/aromatic N) is 2. The fourth-order valence-corrected chi connectivity index (χ4v) is 7.63. The zero-order chi connectivity index (χ0) is 23.1. The monoisotopic (exact) mass is 483 g/mol. The lowest BCUT2D eigenvalue weighted by atomic mass is 10.1. The summed E-state index contributed by atoms with van der Waals surface area (Å²) < 4.78 is 40.2. The maximum atomic E-state index is 12.4. The normalized spacial score (nSPS) is 24.5. The maximum absolute atomic E-state index is 12.4. The molecule has 3 aliphatic rings. The van der Waals surface area contributed by atoms with Crippen molar-refractivity contribution in [1.29, 1.82) is 0 Å². The van der Waals surface area contributed by atoms with E-state index in [9.17, 15) is 18.0 Å². The van der Waals surface area contributed by atoms with E-state index < -0.39 is 27.4 Å². The topological polar surface area (TPSA) is 124 Å². The predicted octanol–water partition coefficient (Wildman–Crippen LogP) is 1.54. The molecule has 2 atom stereocenters. The van der Waals surface area contributed by atoms with E-state index in [4.69, 9.17) is 14.2 Å². The SMILES string of the molecule is CC(C)(C)OC(=O)NCC(=O)N=C1S[C@H]2CS(=O)(=O)C[C@H]2N1Cc1ccc2c(c1)OCO2. The molecule has 1 aromatic carbocycles. The van der Waals surface area contributed by atoms with E-state index in [0.717, 1.165) is 5.56 Å². The Morgan fingerprint density at radius 2 is 2.00 bits per heavy atom. The van der Waals surface area contributed by atoms with Crippen LogP contribution in [0.15, 0.2) is 23.2 Å². The Morgan fingerprint density at radius 1 is 1.25 bits per heavy atom. The van der Waals surface area contributed by atoms with E-state index in [-0.39, 0.29) is 36.1 Å². The molecule has 1 aromatic rings. The van der Waals surface area contributed by atoms with Gasteiger partial charge in [0, 0.05) is 11.8 Å². The molecule has 174 valence electrons. The van der Waals surface area contributed by atoms with Crippen molar-refractivity contribution >= 4 is 38.8 Å². The Bertz CT molecular complexity index is 1070. The van der Waals surface area contributed by atoms with Crippen LogP contribution in [0.4, 0.5) is 4.79 Å². The minimum Gasteiger partial charge on any atom is -0.454 e. The molecule has 3 aliphatic heterocycles. The first kappa shape index (κ1) is 22.7. The van der Waals surface area contributed by atoms with Gasteiger partial charge in [-0.2, -0.15) is 4.99 Å². The number of ether oxygens (including phenoxy) is 3. The van der Waals surface area contributed by atoms with Crippen molar-refractivity contribution in [2.45, 2.75) is 44.2 Å². The van der Waals surface area contributed by atoms with Crippen LogP contribution in [0, 0.1) is 0 Å². The summed E-state index contributed by atoms with van der Waals surface area (Å²) >= 11 is 1.28. The largest absolute Gasteiger partial charge is 0.454 e. The Kier molecular flexibility index (Phi) is 6.01. The highest BCUT2D eigenvalue weighted by Crippen LogP contribution is 2.40. The molecule has 3 heterocycles. The van der Waals surface area contributed by atoms with Crippen molar-refractivity contribution in [2.24, 2.45) is 4.99 Å². The number of nitrogens with one attached hydrogen (secondary N) is 1. The van der Waals surface area contributed by atoms with E-state index in [0.29, 0.717) is 23.2 Å². The van der Waals surface area contributed by atoms with Crippen molar-refractivity contribution in [3.8, 4) is 11.5 Å². The van der Waals surface area contributed by atoms with Gasteiger partial charge in [0.25, 0.3) is 5.91 Å². The first-order valence-electron chi connectivity index (χ1n) is 10.1. The summed E-state index contributed by atoms with van der Waals surface area (Å²) in [5.41, 5.74) is 0.205. The summed E-state index contributed by atoms with van der Waals surface area (Å²) in [5.74, 6) is 0.795. The zero-order valence-corrected chi connectivity index (χ0v) is 19.6. The number of hydrogen-bond acceptors (Lipinski definition) is 8. The number of rotatable bonds is 4. The molecule has 2 amide bonds.